The Hall–Kier alpha value is -0.400. The van der Waals surface area contributed by atoms with Gasteiger partial charge in [-0.25, -0.2) is 0 Å². The highest BCUT2D eigenvalue weighted by Gasteiger charge is 2.12. The molecular weight excluding hydrogens is 231 g/mol. The molecule has 1 nitrogen and oxygen atoms in total. The van der Waals surface area contributed by atoms with Crippen LogP contribution in [0.1, 0.15) is 24.0 Å². The molecule has 2 heterocycles. The summed E-state index contributed by atoms with van der Waals surface area (Å²) in [5.74, 6) is 1.42. The summed E-state index contributed by atoms with van der Waals surface area (Å²) >= 11 is 11.4. The van der Waals surface area contributed by atoms with E-state index in [4.69, 9.17) is 27.6 Å². The average Bonchev–Trinajstić information content (AvgIpc) is 2.82. The van der Waals surface area contributed by atoms with Crippen molar-refractivity contribution in [1.29, 1.82) is 0 Å². The van der Waals surface area contributed by atoms with Crippen LogP contribution in [-0.2, 0) is 12.8 Å². The van der Waals surface area contributed by atoms with Crippen LogP contribution in [0.4, 0.5) is 0 Å². The fourth-order valence-corrected chi connectivity index (χ4v) is 2.18. The summed E-state index contributed by atoms with van der Waals surface area (Å²) in [6.45, 7) is 0. The molecule has 0 aliphatic carbocycles. The highest BCUT2D eigenvalue weighted by atomic mass is 35.5. The molecule has 0 saturated carbocycles. The molecule has 0 saturated heterocycles. The highest BCUT2D eigenvalue weighted by Crippen LogP contribution is 2.29. The summed E-state index contributed by atoms with van der Waals surface area (Å²) in [5, 5.41) is 0. The number of furan rings is 2. The molecule has 3 heteroatoms. The van der Waals surface area contributed by atoms with E-state index in [1.54, 1.807) is 0 Å². The molecule has 0 aromatic carbocycles. The molecular formula is C12H14Cl2O. The number of halogens is 2. The molecule has 0 aliphatic rings. The van der Waals surface area contributed by atoms with Crippen molar-refractivity contribution < 1.29 is 4.42 Å². The minimum atomic E-state index is 0.709. The normalized spacial score (nSPS) is 11.6. The van der Waals surface area contributed by atoms with E-state index in [1.165, 1.54) is 11.1 Å². The number of hydrogen-bond acceptors (Lipinski definition) is 1. The van der Waals surface area contributed by atoms with Crippen molar-refractivity contribution in [2.45, 2.75) is 25.7 Å². The molecule has 0 unspecified atom stereocenters. The third-order valence-electron chi connectivity index (χ3n) is 2.60. The van der Waals surface area contributed by atoms with E-state index in [0.29, 0.717) is 11.8 Å². The van der Waals surface area contributed by atoms with E-state index in [0.717, 1.165) is 36.8 Å². The second-order valence-corrected chi connectivity index (χ2v) is 4.51. The Bertz CT molecular complexity index is 375. The van der Waals surface area contributed by atoms with Gasteiger partial charge in [0, 0.05) is 11.8 Å². The van der Waals surface area contributed by atoms with Crippen LogP contribution in [0.15, 0.2) is 16.5 Å². The Morgan fingerprint density at radius 1 is 0.933 bits per heavy atom. The van der Waals surface area contributed by atoms with Crippen LogP contribution in [-0.4, -0.2) is 11.8 Å². The molecule has 82 valence electrons. The van der Waals surface area contributed by atoms with Crippen LogP contribution in [0.5, 0.6) is 0 Å². The zero-order chi connectivity index (χ0) is 10.7. The molecule has 0 atom stereocenters. The quantitative estimate of drug-likeness (QED) is 0.694. The van der Waals surface area contributed by atoms with Gasteiger partial charge in [-0.2, -0.15) is 0 Å². The van der Waals surface area contributed by atoms with Gasteiger partial charge in [0.05, 0.1) is 0 Å². The van der Waals surface area contributed by atoms with Gasteiger partial charge in [0.15, 0.2) is 0 Å². The van der Waals surface area contributed by atoms with Crippen molar-refractivity contribution in [3.8, 4) is 0 Å². The van der Waals surface area contributed by atoms with Crippen LogP contribution >= 0.6 is 23.2 Å². The minimum absolute atomic E-state index is 0.709. The average molecular weight is 245 g/mol. The van der Waals surface area contributed by atoms with Crippen molar-refractivity contribution in [3.63, 3.8) is 0 Å². The van der Waals surface area contributed by atoms with E-state index in [1.807, 2.05) is 0 Å². The van der Waals surface area contributed by atoms with Gasteiger partial charge < -0.3 is 4.42 Å². The molecule has 0 fully saturated rings. The SMILES string of the molecule is ClCCCc1cc2cc(CCCCl)c1o2. The summed E-state index contributed by atoms with van der Waals surface area (Å²) in [4.78, 5) is 0. The van der Waals surface area contributed by atoms with Crippen LogP contribution in [0, 0.1) is 0 Å². The molecule has 0 radical (unpaired) electrons. The fourth-order valence-electron chi connectivity index (χ4n) is 1.92. The molecule has 0 amide bonds. The lowest BCUT2D eigenvalue weighted by Gasteiger charge is -1.99. The smallest absolute Gasteiger partial charge is 0.134 e. The topological polar surface area (TPSA) is 13.1 Å². The summed E-state index contributed by atoms with van der Waals surface area (Å²) in [6, 6.07) is 4.23. The number of alkyl halides is 2. The van der Waals surface area contributed by atoms with Gasteiger partial charge in [0.2, 0.25) is 0 Å². The third-order valence-corrected chi connectivity index (χ3v) is 3.13. The van der Waals surface area contributed by atoms with Gasteiger partial charge in [-0.3, -0.25) is 0 Å². The van der Waals surface area contributed by atoms with Crippen molar-refractivity contribution in [3.05, 3.63) is 23.3 Å². The van der Waals surface area contributed by atoms with E-state index < -0.39 is 0 Å². The lowest BCUT2D eigenvalue weighted by Crippen LogP contribution is -1.90. The molecule has 2 bridgehead atoms. The first-order valence-electron chi connectivity index (χ1n) is 5.30. The van der Waals surface area contributed by atoms with Gasteiger partial charge >= 0.3 is 0 Å². The Kier molecular flexibility index (Phi) is 3.76. The molecule has 2 aromatic heterocycles. The maximum absolute atomic E-state index is 5.69. The largest absolute Gasteiger partial charge is 0.457 e. The van der Waals surface area contributed by atoms with Crippen molar-refractivity contribution >= 4 is 34.4 Å². The lowest BCUT2D eigenvalue weighted by molar-refractivity contribution is 0.668. The standard InChI is InChI=1S/C12H14Cl2O/c13-5-1-3-9-7-11-8-10(4-2-6-14)12(9)15-11/h7-8H,1-6H2. The summed E-state index contributed by atoms with van der Waals surface area (Å²) < 4.78 is 5.65. The highest BCUT2D eigenvalue weighted by molar-refractivity contribution is 6.18. The zero-order valence-electron chi connectivity index (χ0n) is 8.56. The maximum atomic E-state index is 5.69. The van der Waals surface area contributed by atoms with Crippen molar-refractivity contribution in [2.24, 2.45) is 0 Å². The number of rotatable bonds is 6. The third kappa shape index (κ3) is 2.40. The Balaban J connectivity index is 2.12. The first-order valence-corrected chi connectivity index (χ1v) is 6.37. The Morgan fingerprint density at radius 3 is 1.87 bits per heavy atom. The minimum Gasteiger partial charge on any atom is -0.457 e. The van der Waals surface area contributed by atoms with Gasteiger partial charge in [-0.05, 0) is 48.9 Å². The fraction of sp³-hybridized carbons (Fsp3) is 0.500. The van der Waals surface area contributed by atoms with Crippen LogP contribution in [0.25, 0.3) is 11.2 Å². The van der Waals surface area contributed by atoms with Crippen molar-refractivity contribution in [2.75, 3.05) is 11.8 Å². The predicted octanol–water partition coefficient (Wildman–Crippen LogP) is 4.21. The lowest BCUT2D eigenvalue weighted by atomic mass is 10.0. The second-order valence-electron chi connectivity index (χ2n) is 3.76. The number of hydrogen-bond donors (Lipinski definition) is 0. The van der Waals surface area contributed by atoms with Crippen LogP contribution < -0.4 is 0 Å². The predicted molar refractivity (Wildman–Crippen MR) is 65.5 cm³/mol. The second kappa shape index (κ2) is 5.09. The first kappa shape index (κ1) is 11.1. The van der Waals surface area contributed by atoms with Gasteiger partial charge in [-0.1, -0.05) is 0 Å². The Labute approximate surface area is 99.7 Å². The molecule has 2 aromatic rings. The number of benzene rings is 1. The van der Waals surface area contributed by atoms with Gasteiger partial charge in [-0.15, -0.1) is 23.2 Å². The van der Waals surface area contributed by atoms with E-state index in [2.05, 4.69) is 12.1 Å². The molecule has 0 spiro atoms. The molecule has 15 heavy (non-hydrogen) atoms. The van der Waals surface area contributed by atoms with E-state index >= 15 is 0 Å². The summed E-state index contributed by atoms with van der Waals surface area (Å²) in [7, 11) is 0. The van der Waals surface area contributed by atoms with Gasteiger partial charge in [0.25, 0.3) is 0 Å². The molecule has 0 aliphatic heterocycles. The molecule has 2 rings (SSSR count). The molecule has 0 N–H and O–H groups in total. The number of aryl methyl sites for hydroxylation is 2. The van der Waals surface area contributed by atoms with Crippen molar-refractivity contribution in [1.82, 2.24) is 0 Å². The zero-order valence-corrected chi connectivity index (χ0v) is 10.1. The summed E-state index contributed by atoms with van der Waals surface area (Å²) in [6.07, 6.45) is 4.05. The first-order chi connectivity index (χ1) is 7.35. The van der Waals surface area contributed by atoms with E-state index in [9.17, 15) is 0 Å². The Morgan fingerprint density at radius 2 is 1.47 bits per heavy atom. The van der Waals surface area contributed by atoms with E-state index in [-0.39, 0.29) is 0 Å². The maximum Gasteiger partial charge on any atom is 0.134 e. The van der Waals surface area contributed by atoms with Crippen LogP contribution in [0.3, 0.4) is 0 Å². The van der Waals surface area contributed by atoms with Gasteiger partial charge in [0.1, 0.15) is 11.2 Å². The monoisotopic (exact) mass is 244 g/mol. The van der Waals surface area contributed by atoms with Crippen LogP contribution in [0.2, 0.25) is 0 Å². The number of fused-ring (bicyclic) bond motifs is 2. The summed E-state index contributed by atoms with van der Waals surface area (Å²) in [5.41, 5.74) is 4.66.